The average molecular weight is 361 g/mol. The number of hydrogen-bond acceptors (Lipinski definition) is 6. The van der Waals surface area contributed by atoms with Gasteiger partial charge in [0.15, 0.2) is 0 Å². The summed E-state index contributed by atoms with van der Waals surface area (Å²) < 4.78 is 5.63. The normalized spacial score (nSPS) is 19.1. The van der Waals surface area contributed by atoms with Crippen LogP contribution in [0, 0.1) is 0 Å². The molecule has 7 heteroatoms. The van der Waals surface area contributed by atoms with E-state index in [4.69, 9.17) is 4.74 Å². The maximum atomic E-state index is 12.6. The van der Waals surface area contributed by atoms with Crippen molar-refractivity contribution in [1.29, 1.82) is 0 Å². The molecule has 0 spiro atoms. The van der Waals surface area contributed by atoms with Gasteiger partial charge in [0.05, 0.1) is 17.5 Å². The van der Waals surface area contributed by atoms with E-state index in [9.17, 15) is 4.79 Å². The molecule has 1 aliphatic heterocycles. The van der Waals surface area contributed by atoms with Crippen LogP contribution < -0.4 is 10.9 Å². The molecule has 24 heavy (non-hydrogen) atoms. The van der Waals surface area contributed by atoms with Gasteiger partial charge in [-0.15, -0.1) is 22.7 Å². The number of H-pyrrole nitrogens is 1. The van der Waals surface area contributed by atoms with Crippen molar-refractivity contribution >= 4 is 32.9 Å². The van der Waals surface area contributed by atoms with Gasteiger partial charge >= 0.3 is 0 Å². The smallest absolute Gasteiger partial charge is 0.260 e. The highest BCUT2D eigenvalue weighted by Gasteiger charge is 2.19. The number of nitrogens with one attached hydrogen (secondary N) is 2. The van der Waals surface area contributed by atoms with Gasteiger partial charge < -0.3 is 15.0 Å². The molecule has 4 rings (SSSR count). The molecule has 1 aliphatic rings. The molecular formula is C17H19N3O2S2. The molecule has 5 nitrogen and oxygen atoms in total. The first-order valence-corrected chi connectivity index (χ1v) is 9.88. The zero-order valence-corrected chi connectivity index (χ0v) is 15.0. The zero-order valence-electron chi connectivity index (χ0n) is 13.4. The van der Waals surface area contributed by atoms with Gasteiger partial charge in [-0.2, -0.15) is 0 Å². The number of rotatable bonds is 5. The predicted molar refractivity (Wildman–Crippen MR) is 98.9 cm³/mol. The van der Waals surface area contributed by atoms with E-state index in [0.717, 1.165) is 41.3 Å². The maximum absolute atomic E-state index is 12.6. The summed E-state index contributed by atoms with van der Waals surface area (Å²) in [6.07, 6.45) is 2.50. The number of hydrogen-bond donors (Lipinski definition) is 2. The van der Waals surface area contributed by atoms with E-state index in [1.54, 1.807) is 11.3 Å². The second kappa shape index (κ2) is 6.76. The third kappa shape index (κ3) is 3.04. The number of nitrogens with zero attached hydrogens (tertiary/aromatic N) is 1. The SMILES string of the molecule is C[C@@H](NC[C@@H]1CCCO1)c1nc2scc(-c3cccs3)c2c(=O)[nH]1. The van der Waals surface area contributed by atoms with Crippen molar-refractivity contribution in [2.24, 2.45) is 0 Å². The maximum Gasteiger partial charge on any atom is 0.260 e. The van der Waals surface area contributed by atoms with E-state index >= 15 is 0 Å². The van der Waals surface area contributed by atoms with Gasteiger partial charge in [-0.3, -0.25) is 4.79 Å². The van der Waals surface area contributed by atoms with E-state index in [-0.39, 0.29) is 17.7 Å². The molecule has 0 unspecified atom stereocenters. The lowest BCUT2D eigenvalue weighted by molar-refractivity contribution is 0.107. The lowest BCUT2D eigenvalue weighted by atomic mass is 10.2. The van der Waals surface area contributed by atoms with Gasteiger partial charge in [-0.05, 0) is 31.2 Å². The molecule has 1 saturated heterocycles. The monoisotopic (exact) mass is 361 g/mol. The second-order valence-electron chi connectivity index (χ2n) is 6.02. The van der Waals surface area contributed by atoms with Crippen LogP contribution in [-0.4, -0.2) is 29.2 Å². The Morgan fingerprint density at radius 3 is 3.17 bits per heavy atom. The molecule has 0 amide bonds. The van der Waals surface area contributed by atoms with Gasteiger partial charge in [0, 0.05) is 29.0 Å². The summed E-state index contributed by atoms with van der Waals surface area (Å²) in [5.74, 6) is 0.685. The van der Waals surface area contributed by atoms with Crippen molar-refractivity contribution in [3.8, 4) is 10.4 Å². The zero-order chi connectivity index (χ0) is 16.5. The standard InChI is InChI=1S/C17H19N3O2S2/c1-10(18-8-11-4-2-6-22-11)15-19-16(21)14-12(9-24-17(14)20-15)13-5-3-7-23-13/h3,5,7,9-11,18H,2,4,6,8H2,1H3,(H,19,20,21)/t10-,11+/m1/s1. The molecule has 0 saturated carbocycles. The highest BCUT2D eigenvalue weighted by atomic mass is 32.1. The Hall–Kier alpha value is -1.54. The molecule has 2 N–H and O–H groups in total. The molecule has 3 aromatic rings. The first kappa shape index (κ1) is 16.0. The quantitative estimate of drug-likeness (QED) is 0.729. The Labute approximate surface area is 147 Å². The van der Waals surface area contributed by atoms with Crippen molar-refractivity contribution in [3.63, 3.8) is 0 Å². The van der Waals surface area contributed by atoms with Crippen molar-refractivity contribution in [2.45, 2.75) is 31.9 Å². The van der Waals surface area contributed by atoms with Gasteiger partial charge in [-0.1, -0.05) is 6.07 Å². The molecule has 2 atom stereocenters. The molecular weight excluding hydrogens is 342 g/mol. The number of fused-ring (bicyclic) bond motifs is 1. The van der Waals surface area contributed by atoms with Crippen LogP contribution in [0.25, 0.3) is 20.7 Å². The summed E-state index contributed by atoms with van der Waals surface area (Å²) in [4.78, 5) is 22.1. The fraction of sp³-hybridized carbons (Fsp3) is 0.412. The predicted octanol–water partition coefficient (Wildman–Crippen LogP) is 3.54. The van der Waals surface area contributed by atoms with E-state index < -0.39 is 0 Å². The Morgan fingerprint density at radius 2 is 2.42 bits per heavy atom. The number of thiophene rings is 2. The van der Waals surface area contributed by atoms with Crippen LogP contribution in [0.5, 0.6) is 0 Å². The Kier molecular flexibility index (Phi) is 4.49. The van der Waals surface area contributed by atoms with Crippen LogP contribution in [-0.2, 0) is 4.74 Å². The molecule has 0 bridgehead atoms. The van der Waals surface area contributed by atoms with Crippen molar-refractivity contribution in [1.82, 2.24) is 15.3 Å². The number of ether oxygens (including phenoxy) is 1. The summed E-state index contributed by atoms with van der Waals surface area (Å²) in [5, 5.41) is 8.15. The minimum Gasteiger partial charge on any atom is -0.377 e. The second-order valence-corrected chi connectivity index (χ2v) is 7.83. The highest BCUT2D eigenvalue weighted by Crippen LogP contribution is 2.33. The van der Waals surface area contributed by atoms with Crippen LogP contribution in [0.3, 0.4) is 0 Å². The van der Waals surface area contributed by atoms with Crippen LogP contribution in [0.15, 0.2) is 27.7 Å². The molecule has 0 radical (unpaired) electrons. The number of aromatic amines is 1. The third-order valence-corrected chi connectivity index (χ3v) is 6.11. The van der Waals surface area contributed by atoms with Gasteiger partial charge in [0.2, 0.25) is 0 Å². The fourth-order valence-corrected chi connectivity index (χ4v) is 4.76. The van der Waals surface area contributed by atoms with Crippen LogP contribution in [0.1, 0.15) is 31.6 Å². The van der Waals surface area contributed by atoms with Gasteiger partial charge in [-0.25, -0.2) is 4.98 Å². The molecule has 4 heterocycles. The van der Waals surface area contributed by atoms with Crippen molar-refractivity contribution in [2.75, 3.05) is 13.2 Å². The summed E-state index contributed by atoms with van der Waals surface area (Å²) in [6.45, 7) is 3.66. The highest BCUT2D eigenvalue weighted by molar-refractivity contribution is 7.18. The van der Waals surface area contributed by atoms with Crippen LogP contribution in [0.4, 0.5) is 0 Å². The molecule has 3 aromatic heterocycles. The van der Waals surface area contributed by atoms with E-state index in [0.29, 0.717) is 11.2 Å². The number of aromatic nitrogens is 2. The average Bonchev–Trinajstić information content (AvgIpc) is 3.31. The minimum absolute atomic E-state index is 0.0152. The summed E-state index contributed by atoms with van der Waals surface area (Å²) >= 11 is 3.16. The summed E-state index contributed by atoms with van der Waals surface area (Å²) in [5.41, 5.74) is 0.913. The van der Waals surface area contributed by atoms with E-state index in [1.165, 1.54) is 11.3 Å². The van der Waals surface area contributed by atoms with Gasteiger partial charge in [0.25, 0.3) is 5.56 Å². The Bertz CT molecular complexity index is 879. The lowest BCUT2D eigenvalue weighted by Gasteiger charge is -2.16. The summed E-state index contributed by atoms with van der Waals surface area (Å²) in [6, 6.07) is 4.01. The minimum atomic E-state index is -0.0644. The van der Waals surface area contributed by atoms with E-state index in [2.05, 4.69) is 15.3 Å². The Morgan fingerprint density at radius 1 is 1.50 bits per heavy atom. The molecule has 0 aromatic carbocycles. The van der Waals surface area contributed by atoms with Crippen molar-refractivity contribution in [3.05, 3.63) is 39.1 Å². The summed E-state index contributed by atoms with van der Waals surface area (Å²) in [7, 11) is 0. The van der Waals surface area contributed by atoms with Gasteiger partial charge in [0.1, 0.15) is 10.7 Å². The molecule has 126 valence electrons. The van der Waals surface area contributed by atoms with Crippen LogP contribution in [0.2, 0.25) is 0 Å². The first-order valence-electron chi connectivity index (χ1n) is 8.12. The topological polar surface area (TPSA) is 67.0 Å². The lowest BCUT2D eigenvalue weighted by Crippen LogP contribution is -2.30. The van der Waals surface area contributed by atoms with Crippen LogP contribution >= 0.6 is 22.7 Å². The largest absolute Gasteiger partial charge is 0.377 e. The fourth-order valence-electron chi connectivity index (χ4n) is 2.99. The molecule has 1 fully saturated rings. The molecule has 0 aliphatic carbocycles. The Balaban J connectivity index is 1.60. The first-order chi connectivity index (χ1) is 11.7. The van der Waals surface area contributed by atoms with Crippen molar-refractivity contribution < 1.29 is 4.74 Å². The third-order valence-electron chi connectivity index (χ3n) is 4.33. The van der Waals surface area contributed by atoms with E-state index in [1.807, 2.05) is 29.8 Å².